The first kappa shape index (κ1) is 21.7. The van der Waals surface area contributed by atoms with Crippen molar-refractivity contribution >= 4 is 23.4 Å². The fourth-order valence-electron chi connectivity index (χ4n) is 3.02. The van der Waals surface area contributed by atoms with Gasteiger partial charge in [-0.25, -0.2) is 9.59 Å². The average Bonchev–Trinajstić information content (AvgIpc) is 2.58. The molecule has 1 fully saturated rings. The highest BCUT2D eigenvalue weighted by atomic mass is 16.6. The van der Waals surface area contributed by atoms with E-state index in [4.69, 9.17) is 19.9 Å². The van der Waals surface area contributed by atoms with Gasteiger partial charge in [-0.05, 0) is 46.8 Å². The van der Waals surface area contributed by atoms with Crippen LogP contribution in [-0.4, -0.2) is 61.5 Å². The number of ether oxygens (including phenoxy) is 3. The second kappa shape index (κ2) is 9.03. The molecule has 2 rings (SSSR count). The molecular weight excluding hydrogens is 362 g/mol. The van der Waals surface area contributed by atoms with E-state index < -0.39 is 11.6 Å². The van der Waals surface area contributed by atoms with Crippen LogP contribution < -0.4 is 15.4 Å². The van der Waals surface area contributed by atoms with Gasteiger partial charge in [-0.2, -0.15) is 0 Å². The molecule has 1 aliphatic rings. The summed E-state index contributed by atoms with van der Waals surface area (Å²) in [4.78, 5) is 27.6. The van der Waals surface area contributed by atoms with Crippen molar-refractivity contribution in [2.24, 2.45) is 0 Å². The number of nitrogens with two attached hydrogens (primary N) is 1. The molecule has 1 heterocycles. The quantitative estimate of drug-likeness (QED) is 0.607. The molecule has 0 aromatic heterocycles. The summed E-state index contributed by atoms with van der Waals surface area (Å²) in [6.45, 7) is 11.3. The Balaban J connectivity index is 1.97. The van der Waals surface area contributed by atoms with Crippen LogP contribution in [-0.2, 0) is 14.3 Å². The highest BCUT2D eigenvalue weighted by Crippen LogP contribution is 2.30. The number of nitrogen functional groups attached to an aromatic ring is 1. The number of esters is 1. The van der Waals surface area contributed by atoms with E-state index in [9.17, 15) is 9.59 Å². The van der Waals surface area contributed by atoms with Gasteiger partial charge in [-0.1, -0.05) is 0 Å². The number of carbonyl (C=O) groups is 2. The van der Waals surface area contributed by atoms with Gasteiger partial charge in [0, 0.05) is 31.7 Å². The molecule has 28 heavy (non-hydrogen) atoms. The predicted molar refractivity (Wildman–Crippen MR) is 108 cm³/mol. The lowest BCUT2D eigenvalue weighted by atomic mass is 10.1. The summed E-state index contributed by atoms with van der Waals surface area (Å²) in [5, 5.41) is 0. The Bertz CT molecular complexity index is 702. The highest BCUT2D eigenvalue weighted by molar-refractivity contribution is 5.73. The zero-order valence-electron chi connectivity index (χ0n) is 17.4. The Morgan fingerprint density at radius 2 is 1.96 bits per heavy atom. The molecule has 0 saturated carbocycles. The van der Waals surface area contributed by atoms with Gasteiger partial charge in [0.25, 0.3) is 0 Å². The molecule has 0 spiro atoms. The van der Waals surface area contributed by atoms with Gasteiger partial charge in [0.05, 0.1) is 18.0 Å². The normalized spacial score (nSPS) is 17.2. The molecule has 0 unspecified atom stereocenters. The zero-order valence-corrected chi connectivity index (χ0v) is 17.4. The van der Waals surface area contributed by atoms with Crippen molar-refractivity contribution in [1.82, 2.24) is 4.90 Å². The second-order valence-electron chi connectivity index (χ2n) is 7.78. The number of hydrogen-bond acceptors (Lipinski definition) is 7. The van der Waals surface area contributed by atoms with Crippen molar-refractivity contribution in [2.75, 3.05) is 43.5 Å². The SMILES string of the molecule is CCOC(=O)COc1ccc(N2CCN(C(=O)OC(C)(C)C)[C@H](C)C2)c(N)c1. The van der Waals surface area contributed by atoms with E-state index >= 15 is 0 Å². The van der Waals surface area contributed by atoms with Crippen molar-refractivity contribution in [3.05, 3.63) is 18.2 Å². The van der Waals surface area contributed by atoms with Gasteiger partial charge in [0.1, 0.15) is 11.4 Å². The number of nitrogens with zero attached hydrogens (tertiary/aromatic N) is 2. The smallest absolute Gasteiger partial charge is 0.410 e. The lowest BCUT2D eigenvalue weighted by Gasteiger charge is -2.41. The minimum absolute atomic E-state index is 0.0114. The van der Waals surface area contributed by atoms with Crippen molar-refractivity contribution in [3.63, 3.8) is 0 Å². The largest absolute Gasteiger partial charge is 0.482 e. The topological polar surface area (TPSA) is 94.3 Å². The predicted octanol–water partition coefficient (Wildman–Crippen LogP) is 2.66. The van der Waals surface area contributed by atoms with Gasteiger partial charge in [-0.3, -0.25) is 0 Å². The third-order valence-electron chi connectivity index (χ3n) is 4.26. The standard InChI is InChI=1S/C20H31N3O5/c1-6-26-18(24)13-27-15-7-8-17(16(21)11-15)22-9-10-23(14(2)12-22)19(25)28-20(3,4)5/h7-8,11,14H,6,9-10,12-13,21H2,1-5H3/t14-/m1/s1. The van der Waals surface area contributed by atoms with Crippen LogP contribution in [0.5, 0.6) is 5.75 Å². The van der Waals surface area contributed by atoms with Gasteiger partial charge in [0.15, 0.2) is 6.61 Å². The van der Waals surface area contributed by atoms with E-state index in [-0.39, 0.29) is 18.7 Å². The number of anilines is 2. The Morgan fingerprint density at radius 3 is 2.54 bits per heavy atom. The monoisotopic (exact) mass is 393 g/mol. The fraction of sp³-hybridized carbons (Fsp3) is 0.600. The Morgan fingerprint density at radius 1 is 1.25 bits per heavy atom. The first-order valence-electron chi connectivity index (χ1n) is 9.53. The number of hydrogen-bond donors (Lipinski definition) is 1. The van der Waals surface area contributed by atoms with Gasteiger partial charge < -0.3 is 29.7 Å². The molecule has 1 amide bonds. The molecule has 8 nitrogen and oxygen atoms in total. The first-order chi connectivity index (χ1) is 13.1. The van der Waals surface area contributed by atoms with Crippen molar-refractivity contribution in [3.8, 4) is 5.75 Å². The molecule has 1 aromatic rings. The van der Waals surface area contributed by atoms with Crippen LogP contribution in [0.4, 0.5) is 16.2 Å². The molecule has 8 heteroatoms. The van der Waals surface area contributed by atoms with Crippen LogP contribution in [0.2, 0.25) is 0 Å². The molecule has 156 valence electrons. The lowest BCUT2D eigenvalue weighted by Crippen LogP contribution is -2.55. The van der Waals surface area contributed by atoms with E-state index in [1.807, 2.05) is 33.8 Å². The minimum Gasteiger partial charge on any atom is -0.482 e. The van der Waals surface area contributed by atoms with Crippen molar-refractivity contribution < 1.29 is 23.8 Å². The van der Waals surface area contributed by atoms with Gasteiger partial charge >= 0.3 is 12.1 Å². The summed E-state index contributed by atoms with van der Waals surface area (Å²) in [5.74, 6) is 0.0898. The molecule has 1 aromatic carbocycles. The second-order valence-corrected chi connectivity index (χ2v) is 7.78. The molecule has 1 atom stereocenters. The summed E-state index contributed by atoms with van der Waals surface area (Å²) >= 11 is 0. The van der Waals surface area contributed by atoms with Crippen molar-refractivity contribution in [2.45, 2.75) is 46.3 Å². The van der Waals surface area contributed by atoms with Crippen LogP contribution in [0.3, 0.4) is 0 Å². The molecule has 0 bridgehead atoms. The number of benzene rings is 1. The van der Waals surface area contributed by atoms with Crippen LogP contribution in [0.15, 0.2) is 18.2 Å². The van der Waals surface area contributed by atoms with Crippen molar-refractivity contribution in [1.29, 1.82) is 0 Å². The summed E-state index contributed by atoms with van der Waals surface area (Å²) in [6, 6.07) is 5.32. The maximum absolute atomic E-state index is 12.4. The maximum atomic E-state index is 12.4. The number of rotatable bonds is 5. The number of carbonyl (C=O) groups excluding carboxylic acids is 2. The van der Waals surface area contributed by atoms with E-state index in [0.29, 0.717) is 37.7 Å². The fourth-order valence-corrected chi connectivity index (χ4v) is 3.02. The zero-order chi connectivity index (χ0) is 20.9. The molecule has 1 saturated heterocycles. The Hall–Kier alpha value is -2.64. The van der Waals surface area contributed by atoms with Crippen LogP contribution in [0, 0.1) is 0 Å². The van der Waals surface area contributed by atoms with Crippen LogP contribution in [0.25, 0.3) is 0 Å². The van der Waals surface area contributed by atoms with E-state index in [1.54, 1.807) is 24.0 Å². The summed E-state index contributed by atoms with van der Waals surface area (Å²) in [7, 11) is 0. The summed E-state index contributed by atoms with van der Waals surface area (Å²) in [5.41, 5.74) is 7.11. The lowest BCUT2D eigenvalue weighted by molar-refractivity contribution is -0.145. The Kier molecular flexibility index (Phi) is 6.99. The van der Waals surface area contributed by atoms with E-state index in [0.717, 1.165) is 5.69 Å². The summed E-state index contributed by atoms with van der Waals surface area (Å²) < 4.78 is 15.7. The number of piperazine rings is 1. The van der Waals surface area contributed by atoms with E-state index in [2.05, 4.69) is 4.90 Å². The molecule has 0 radical (unpaired) electrons. The van der Waals surface area contributed by atoms with Crippen LogP contribution >= 0.6 is 0 Å². The Labute approximate surface area is 166 Å². The highest BCUT2D eigenvalue weighted by Gasteiger charge is 2.31. The summed E-state index contributed by atoms with van der Waals surface area (Å²) in [6.07, 6.45) is -0.296. The molecular formula is C20H31N3O5. The van der Waals surface area contributed by atoms with Crippen LogP contribution in [0.1, 0.15) is 34.6 Å². The molecule has 0 aliphatic carbocycles. The van der Waals surface area contributed by atoms with Gasteiger partial charge in [-0.15, -0.1) is 0 Å². The molecule has 1 aliphatic heterocycles. The first-order valence-corrected chi connectivity index (χ1v) is 9.53. The van der Waals surface area contributed by atoms with Gasteiger partial charge in [0.2, 0.25) is 0 Å². The van der Waals surface area contributed by atoms with E-state index in [1.165, 1.54) is 0 Å². The maximum Gasteiger partial charge on any atom is 0.410 e. The molecule has 2 N–H and O–H groups in total. The third-order valence-corrected chi connectivity index (χ3v) is 4.26. The average molecular weight is 393 g/mol. The number of amides is 1. The minimum atomic E-state index is -0.516. The third kappa shape index (κ3) is 5.94.